The van der Waals surface area contributed by atoms with E-state index in [0.29, 0.717) is 38.4 Å². The zero-order chi connectivity index (χ0) is 66.9. The molecular weight excluding hydrogens is 1100 g/mol. The number of nitrogens with zero attached hydrogens (tertiary/aromatic N) is 7. The number of likely N-dealkylation sites (N-methyl/N-ethyl adjacent to an activating group) is 7. The van der Waals surface area contributed by atoms with E-state index in [2.05, 4.69) is 16.0 Å². The number of ether oxygens (including phenoxy) is 1. The van der Waals surface area contributed by atoms with Crippen LogP contribution in [0.3, 0.4) is 0 Å². The van der Waals surface area contributed by atoms with Gasteiger partial charge in [-0.15, -0.1) is 0 Å². The minimum Gasteiger partial charge on any atom is -0.390 e. The third-order valence-corrected chi connectivity index (χ3v) is 16.7. The Kier molecular flexibility index (Phi) is 37.9. The Morgan fingerprint density at radius 3 is 1.60 bits per heavy atom. The van der Waals surface area contributed by atoms with E-state index in [1.807, 2.05) is 128 Å². The number of nitrogens with one attached hydrogen (secondary N) is 3. The van der Waals surface area contributed by atoms with Gasteiger partial charge in [-0.1, -0.05) is 109 Å². The molecule has 86 heavy (non-hydrogen) atoms. The first-order valence-electron chi connectivity index (χ1n) is 31.8. The number of hydrogen-bond donors (Lipinski definition) is 7. The van der Waals surface area contributed by atoms with Crippen LogP contribution in [0, 0.1) is 41.4 Å². The van der Waals surface area contributed by atoms with Crippen LogP contribution in [-0.4, -0.2) is 244 Å². The lowest BCUT2D eigenvalue weighted by Crippen LogP contribution is -2.63. The second-order valence-electron chi connectivity index (χ2n) is 26.7. The van der Waals surface area contributed by atoms with E-state index >= 15 is 0 Å². The number of carbonyl (C=O) groups is 7. The van der Waals surface area contributed by atoms with Gasteiger partial charge in [0.05, 0.1) is 49.7 Å². The first-order chi connectivity index (χ1) is 39.8. The van der Waals surface area contributed by atoms with Crippen molar-refractivity contribution in [1.29, 1.82) is 0 Å². The molecule has 0 spiro atoms. The second-order valence-corrected chi connectivity index (χ2v) is 26.7. The van der Waals surface area contributed by atoms with Crippen LogP contribution in [-0.2, 0) is 38.3 Å². The van der Waals surface area contributed by atoms with E-state index in [4.69, 9.17) is 4.74 Å². The summed E-state index contributed by atoms with van der Waals surface area (Å²) in [7, 11) is 9.87. The summed E-state index contributed by atoms with van der Waals surface area (Å²) in [6, 6.07) is -8.20. The number of carbonyl (C=O) groups excluding carboxylic acids is 7. The van der Waals surface area contributed by atoms with Gasteiger partial charge < -0.3 is 60.2 Å². The molecule has 0 aliphatic rings. The molecule has 0 aliphatic heterocycles. The van der Waals surface area contributed by atoms with Crippen LogP contribution in [0.2, 0.25) is 0 Å². The van der Waals surface area contributed by atoms with Crippen molar-refractivity contribution in [3.8, 4) is 0 Å². The fraction of sp³-hybridized carbons (Fsp3) is 0.859. The highest BCUT2D eigenvalue weighted by atomic mass is 16.5. The van der Waals surface area contributed by atoms with Crippen LogP contribution in [0.25, 0.3) is 0 Å². The number of aliphatic hydroxyl groups excluding tert-OH is 4. The standard InChI is InChI=1S/C64H124N10O12/c1-26-29-31-44(16)56(77)51(35-75)72(24)64(85)55(43(14)15)73(25)62(83)50(34-40(8)9)71(23)61(82)49(33-39(6)7)68(20)37-86-36-45(17)65-57(78)46(18)66-58(79)48(32-38(4)5)70(22)63(84)53(41(10)11)67-59(80)54(42(12)13)74(28-3)60(81)47(19)69(21)52(76)30-27-2/h26,29,35,38-51,53-56,59,61-62,67,77,80,82-83H,27-28,30-34,36-37H2,1-25H3,(H,65,78)(H,66,79)/b29-26+/t44-,45-,46+,47-,48+,49+,50+,51-,53+,54+,55+,56-,59?,61?,62?/m1/s1. The summed E-state index contributed by atoms with van der Waals surface area (Å²) in [6.45, 7) is 35.8. The summed E-state index contributed by atoms with van der Waals surface area (Å²) in [4.78, 5) is 107. The molecule has 0 fully saturated rings. The van der Waals surface area contributed by atoms with Crippen molar-refractivity contribution in [3.63, 3.8) is 0 Å². The maximum Gasteiger partial charge on any atom is 0.245 e. The quantitative estimate of drug-likeness (QED) is 0.0251. The van der Waals surface area contributed by atoms with Crippen molar-refractivity contribution >= 4 is 41.7 Å². The van der Waals surface area contributed by atoms with E-state index in [1.54, 1.807) is 63.5 Å². The molecule has 0 aliphatic carbocycles. The van der Waals surface area contributed by atoms with E-state index < -0.39 is 109 Å². The van der Waals surface area contributed by atoms with Gasteiger partial charge in [-0.25, -0.2) is 0 Å². The van der Waals surface area contributed by atoms with Gasteiger partial charge in [0.25, 0.3) is 0 Å². The maximum atomic E-state index is 14.5. The molecular formula is C64H124N10O12. The van der Waals surface area contributed by atoms with Gasteiger partial charge in [-0.05, 0) is 129 Å². The Labute approximate surface area is 519 Å². The molecule has 3 unspecified atom stereocenters. The van der Waals surface area contributed by atoms with Crippen LogP contribution in [0.5, 0.6) is 0 Å². The molecule has 502 valence electrons. The van der Waals surface area contributed by atoms with Crippen LogP contribution in [0.4, 0.5) is 0 Å². The normalized spacial score (nSPS) is 17.7. The Hall–Kier alpha value is -4.13. The largest absolute Gasteiger partial charge is 0.390 e. The predicted octanol–water partition coefficient (Wildman–Crippen LogP) is 4.57. The van der Waals surface area contributed by atoms with Crippen LogP contribution < -0.4 is 16.0 Å². The summed E-state index contributed by atoms with van der Waals surface area (Å²) in [6.07, 6.45) is 2.26. The van der Waals surface area contributed by atoms with Crippen LogP contribution in [0.15, 0.2) is 12.2 Å². The first kappa shape index (κ1) is 81.9. The summed E-state index contributed by atoms with van der Waals surface area (Å²) < 4.78 is 6.16. The van der Waals surface area contributed by atoms with Crippen LogP contribution in [0.1, 0.15) is 170 Å². The molecule has 0 aromatic rings. The average molecular weight is 1230 g/mol. The van der Waals surface area contributed by atoms with Crippen molar-refractivity contribution in [2.45, 2.75) is 255 Å². The van der Waals surface area contributed by atoms with Gasteiger partial charge in [0.1, 0.15) is 49.1 Å². The number of aliphatic hydroxyl groups is 4. The van der Waals surface area contributed by atoms with Crippen molar-refractivity contribution in [1.82, 2.24) is 50.2 Å². The Bertz CT molecular complexity index is 2060. The molecule has 22 heteroatoms. The molecule has 6 amide bonds. The lowest BCUT2D eigenvalue weighted by molar-refractivity contribution is -0.160. The molecule has 22 nitrogen and oxygen atoms in total. The number of amides is 6. The lowest BCUT2D eigenvalue weighted by Gasteiger charge is -2.46. The lowest BCUT2D eigenvalue weighted by atomic mass is 9.92. The number of allylic oxidation sites excluding steroid dienone is 2. The monoisotopic (exact) mass is 1220 g/mol. The fourth-order valence-electron chi connectivity index (χ4n) is 11.2. The summed E-state index contributed by atoms with van der Waals surface area (Å²) in [5, 5.41) is 56.4. The van der Waals surface area contributed by atoms with Crippen LogP contribution >= 0.6 is 0 Å². The molecule has 0 rings (SSSR count). The second kappa shape index (κ2) is 39.8. The van der Waals surface area contributed by atoms with Gasteiger partial charge in [0, 0.05) is 40.2 Å². The third kappa shape index (κ3) is 25.0. The first-order valence-corrected chi connectivity index (χ1v) is 31.8. The molecule has 0 saturated carbocycles. The molecule has 0 aromatic carbocycles. The topological polar surface area (TPSA) is 268 Å². The van der Waals surface area contributed by atoms with Crippen molar-refractivity contribution in [2.24, 2.45) is 41.4 Å². The minimum absolute atomic E-state index is 0.0349. The van der Waals surface area contributed by atoms with E-state index in [1.165, 1.54) is 28.8 Å². The SMILES string of the molecule is C/C=C/C[C@@H](C)[C@@H](O)[C@@H](C=O)N(C)C(=O)[C@H](C(C)C)N(C)C(O)[C@H](CC(C)C)N(C)C(O)[C@H](CC(C)C)N(C)COC[C@@H](C)NC(=O)[C@H](C)NC(=O)[C@H](CC(C)C)N(C)C(=O)[C@@H](NC(O)[C@H](C(C)C)N(CC)C(=O)[C@@H](C)N(C)C(=O)CCC)C(C)C. The molecule has 0 bridgehead atoms. The average Bonchev–Trinajstić information content (AvgIpc) is 3.43. The summed E-state index contributed by atoms with van der Waals surface area (Å²) in [5.41, 5.74) is 0. The molecule has 0 radical (unpaired) electrons. The molecule has 7 N–H and O–H groups in total. The highest BCUT2D eigenvalue weighted by molar-refractivity contribution is 5.93. The summed E-state index contributed by atoms with van der Waals surface area (Å²) in [5.74, 6) is -3.45. The fourth-order valence-corrected chi connectivity index (χ4v) is 11.2. The predicted molar refractivity (Wildman–Crippen MR) is 341 cm³/mol. The highest BCUT2D eigenvalue weighted by Crippen LogP contribution is 2.27. The van der Waals surface area contributed by atoms with E-state index in [9.17, 15) is 54.0 Å². The van der Waals surface area contributed by atoms with Gasteiger partial charge in [-0.3, -0.25) is 48.8 Å². The number of aldehydes is 1. The van der Waals surface area contributed by atoms with Gasteiger partial charge in [-0.2, -0.15) is 0 Å². The number of hydrogen-bond acceptors (Lipinski definition) is 16. The number of rotatable bonds is 42. The Morgan fingerprint density at radius 2 is 1.14 bits per heavy atom. The van der Waals surface area contributed by atoms with E-state index in [0.717, 1.165) is 0 Å². The van der Waals surface area contributed by atoms with Crippen molar-refractivity contribution < 1.29 is 58.7 Å². The van der Waals surface area contributed by atoms with E-state index in [-0.39, 0.29) is 79.5 Å². The van der Waals surface area contributed by atoms with Crippen molar-refractivity contribution in [3.05, 3.63) is 12.2 Å². The molecule has 0 saturated heterocycles. The smallest absolute Gasteiger partial charge is 0.245 e. The molecule has 15 atom stereocenters. The van der Waals surface area contributed by atoms with Crippen molar-refractivity contribution in [2.75, 3.05) is 62.2 Å². The Balaban J connectivity index is 6.31. The zero-order valence-electron chi connectivity index (χ0n) is 57.9. The molecule has 0 heterocycles. The minimum atomic E-state index is -1.36. The third-order valence-electron chi connectivity index (χ3n) is 16.7. The van der Waals surface area contributed by atoms with Gasteiger partial charge in [0.2, 0.25) is 35.4 Å². The highest BCUT2D eigenvalue weighted by Gasteiger charge is 2.44. The summed E-state index contributed by atoms with van der Waals surface area (Å²) >= 11 is 0. The molecule has 0 aromatic heterocycles. The maximum absolute atomic E-state index is 14.5. The zero-order valence-corrected chi connectivity index (χ0v) is 57.9. The van der Waals surface area contributed by atoms with Gasteiger partial charge in [0.15, 0.2) is 0 Å². The Morgan fingerprint density at radius 1 is 0.605 bits per heavy atom. The van der Waals surface area contributed by atoms with Gasteiger partial charge >= 0.3 is 0 Å².